The second kappa shape index (κ2) is 6.23. The Labute approximate surface area is 128 Å². The first kappa shape index (κ1) is 14.6. The van der Waals surface area contributed by atoms with Crippen molar-refractivity contribution in [3.8, 4) is 11.5 Å². The van der Waals surface area contributed by atoms with Gasteiger partial charge < -0.3 is 20.5 Å². The van der Waals surface area contributed by atoms with E-state index in [0.717, 1.165) is 12.8 Å². The summed E-state index contributed by atoms with van der Waals surface area (Å²) in [4.78, 5) is 25.5. The Morgan fingerprint density at radius 3 is 2.91 bits per heavy atom. The van der Waals surface area contributed by atoms with Crippen LogP contribution >= 0.6 is 0 Å². The van der Waals surface area contributed by atoms with Crippen LogP contribution in [-0.2, 0) is 9.59 Å². The molecule has 2 amide bonds. The van der Waals surface area contributed by atoms with Crippen LogP contribution in [0.1, 0.15) is 19.3 Å². The molecule has 0 aliphatic carbocycles. The Bertz CT molecular complexity index is 590. The van der Waals surface area contributed by atoms with Crippen molar-refractivity contribution in [3.05, 3.63) is 18.2 Å². The summed E-state index contributed by atoms with van der Waals surface area (Å²) in [5, 5.41) is 2.81. The Hall–Kier alpha value is -2.28. The number of anilines is 1. The number of benzene rings is 1. The number of nitrogens with two attached hydrogens (primary N) is 1. The Morgan fingerprint density at radius 1 is 1.27 bits per heavy atom. The van der Waals surface area contributed by atoms with Crippen molar-refractivity contribution >= 4 is 17.5 Å². The number of piperidine rings is 1. The number of hydrogen-bond acceptors (Lipinski definition) is 5. The van der Waals surface area contributed by atoms with Crippen molar-refractivity contribution in [3.63, 3.8) is 0 Å². The molecule has 0 aromatic heterocycles. The van der Waals surface area contributed by atoms with Crippen LogP contribution in [0.2, 0.25) is 0 Å². The number of amides is 2. The molecule has 0 unspecified atom stereocenters. The van der Waals surface area contributed by atoms with Crippen molar-refractivity contribution < 1.29 is 19.1 Å². The summed E-state index contributed by atoms with van der Waals surface area (Å²) in [6.07, 6.45) is 2.65. The lowest BCUT2D eigenvalue weighted by Crippen LogP contribution is -2.50. The number of nitrogens with one attached hydrogen (secondary N) is 1. The van der Waals surface area contributed by atoms with Gasteiger partial charge in [-0.1, -0.05) is 6.42 Å². The summed E-state index contributed by atoms with van der Waals surface area (Å²) < 4.78 is 10.5. The zero-order valence-electron chi connectivity index (χ0n) is 12.2. The van der Waals surface area contributed by atoms with Gasteiger partial charge in [-0.25, -0.2) is 0 Å². The molecule has 1 saturated heterocycles. The van der Waals surface area contributed by atoms with Gasteiger partial charge in [-0.3, -0.25) is 14.5 Å². The molecule has 0 saturated carbocycles. The molecular weight excluding hydrogens is 286 g/mol. The van der Waals surface area contributed by atoms with E-state index in [1.54, 1.807) is 18.2 Å². The van der Waals surface area contributed by atoms with Gasteiger partial charge in [0, 0.05) is 11.8 Å². The smallest absolute Gasteiger partial charge is 0.238 e. The highest BCUT2D eigenvalue weighted by Crippen LogP contribution is 2.34. The molecule has 0 radical (unpaired) electrons. The summed E-state index contributed by atoms with van der Waals surface area (Å²) in [7, 11) is 0. The molecule has 2 heterocycles. The number of primary amides is 1. The zero-order valence-corrected chi connectivity index (χ0v) is 12.2. The molecule has 1 aromatic carbocycles. The molecule has 22 heavy (non-hydrogen) atoms. The molecule has 1 aromatic rings. The van der Waals surface area contributed by atoms with Gasteiger partial charge in [0.2, 0.25) is 18.6 Å². The van der Waals surface area contributed by atoms with Gasteiger partial charge in [0.15, 0.2) is 11.5 Å². The van der Waals surface area contributed by atoms with Crippen molar-refractivity contribution in [2.24, 2.45) is 5.73 Å². The normalized spacial score (nSPS) is 20.6. The molecule has 0 spiro atoms. The Kier molecular flexibility index (Phi) is 4.15. The van der Waals surface area contributed by atoms with Gasteiger partial charge in [-0.05, 0) is 31.5 Å². The quantitative estimate of drug-likeness (QED) is 0.853. The molecule has 3 rings (SSSR count). The Balaban J connectivity index is 1.61. The maximum Gasteiger partial charge on any atom is 0.238 e. The number of rotatable bonds is 4. The molecule has 2 aliphatic rings. The molecule has 2 aliphatic heterocycles. The third-order valence-corrected chi connectivity index (χ3v) is 3.95. The second-order valence-corrected chi connectivity index (χ2v) is 5.50. The summed E-state index contributed by atoms with van der Waals surface area (Å²) in [5.41, 5.74) is 6.05. The van der Waals surface area contributed by atoms with Gasteiger partial charge in [-0.15, -0.1) is 0 Å². The van der Waals surface area contributed by atoms with Crippen LogP contribution in [0, 0.1) is 0 Å². The van der Waals surface area contributed by atoms with E-state index in [-0.39, 0.29) is 31.2 Å². The predicted octanol–water partition coefficient (Wildman–Crippen LogP) is 0.694. The van der Waals surface area contributed by atoms with Crippen LogP contribution < -0.4 is 20.5 Å². The summed E-state index contributed by atoms with van der Waals surface area (Å²) in [6, 6.07) is 4.89. The van der Waals surface area contributed by atoms with Gasteiger partial charge in [-0.2, -0.15) is 0 Å². The number of fused-ring (bicyclic) bond motifs is 1. The lowest BCUT2D eigenvalue weighted by Gasteiger charge is -2.32. The van der Waals surface area contributed by atoms with Gasteiger partial charge >= 0.3 is 0 Å². The van der Waals surface area contributed by atoms with Gasteiger partial charge in [0.25, 0.3) is 0 Å². The van der Waals surface area contributed by atoms with Crippen molar-refractivity contribution in [1.29, 1.82) is 0 Å². The molecule has 7 heteroatoms. The van der Waals surface area contributed by atoms with Crippen LogP contribution in [-0.4, -0.2) is 42.6 Å². The number of carbonyl (C=O) groups excluding carboxylic acids is 2. The molecule has 1 atom stereocenters. The zero-order chi connectivity index (χ0) is 15.5. The van der Waals surface area contributed by atoms with Crippen molar-refractivity contribution in [1.82, 2.24) is 4.90 Å². The third kappa shape index (κ3) is 3.14. The van der Waals surface area contributed by atoms with Gasteiger partial charge in [0.05, 0.1) is 12.6 Å². The first-order valence-corrected chi connectivity index (χ1v) is 7.36. The molecule has 3 N–H and O–H groups in total. The Morgan fingerprint density at radius 2 is 2.09 bits per heavy atom. The first-order valence-electron chi connectivity index (χ1n) is 7.36. The maximum absolute atomic E-state index is 12.2. The van der Waals surface area contributed by atoms with E-state index < -0.39 is 0 Å². The molecule has 118 valence electrons. The van der Waals surface area contributed by atoms with Crippen LogP contribution in [0.4, 0.5) is 5.69 Å². The first-order chi connectivity index (χ1) is 10.6. The largest absolute Gasteiger partial charge is 0.454 e. The van der Waals surface area contributed by atoms with Crippen LogP contribution in [0.5, 0.6) is 11.5 Å². The highest BCUT2D eigenvalue weighted by atomic mass is 16.7. The van der Waals surface area contributed by atoms with Gasteiger partial charge in [0.1, 0.15) is 0 Å². The van der Waals surface area contributed by atoms with Crippen LogP contribution in [0.15, 0.2) is 18.2 Å². The minimum Gasteiger partial charge on any atom is -0.454 e. The fraction of sp³-hybridized carbons (Fsp3) is 0.467. The summed E-state index contributed by atoms with van der Waals surface area (Å²) in [5.74, 6) is 0.746. The molecule has 0 bridgehead atoms. The fourth-order valence-electron chi connectivity index (χ4n) is 2.86. The minimum absolute atomic E-state index is 0.155. The van der Waals surface area contributed by atoms with E-state index in [2.05, 4.69) is 5.32 Å². The van der Waals surface area contributed by atoms with Crippen LogP contribution in [0.25, 0.3) is 0 Å². The minimum atomic E-state index is -0.365. The SMILES string of the molecule is NC(=O)[C@@H]1CCCCN1CC(=O)Nc1ccc2c(c1)OCO2. The topological polar surface area (TPSA) is 93.9 Å². The second-order valence-electron chi connectivity index (χ2n) is 5.50. The van der Waals surface area contributed by atoms with Crippen molar-refractivity contribution in [2.45, 2.75) is 25.3 Å². The standard InChI is InChI=1S/C15H19N3O4/c16-15(20)11-3-1-2-6-18(11)8-14(19)17-10-4-5-12-13(7-10)22-9-21-12/h4-5,7,11H,1-3,6,8-9H2,(H2,16,20)(H,17,19)/t11-/m0/s1. The lowest BCUT2D eigenvalue weighted by atomic mass is 10.0. The summed E-state index contributed by atoms with van der Waals surface area (Å²) >= 11 is 0. The monoisotopic (exact) mass is 305 g/mol. The summed E-state index contributed by atoms with van der Waals surface area (Å²) in [6.45, 7) is 1.06. The molecular formula is C15H19N3O4. The molecule has 7 nitrogen and oxygen atoms in total. The van der Waals surface area contributed by atoms with Crippen molar-refractivity contribution in [2.75, 3.05) is 25.2 Å². The number of carbonyl (C=O) groups is 2. The van der Waals surface area contributed by atoms with E-state index in [1.165, 1.54) is 0 Å². The number of nitrogens with zero attached hydrogens (tertiary/aromatic N) is 1. The average Bonchev–Trinajstić information content (AvgIpc) is 2.95. The maximum atomic E-state index is 12.2. The highest BCUT2D eigenvalue weighted by molar-refractivity contribution is 5.93. The fourth-order valence-corrected chi connectivity index (χ4v) is 2.86. The van der Waals surface area contributed by atoms with Crippen LogP contribution in [0.3, 0.4) is 0 Å². The third-order valence-electron chi connectivity index (χ3n) is 3.95. The number of hydrogen-bond donors (Lipinski definition) is 2. The van der Waals surface area contributed by atoms with E-state index >= 15 is 0 Å². The number of ether oxygens (including phenoxy) is 2. The van der Waals surface area contributed by atoms with E-state index in [1.807, 2.05) is 4.90 Å². The lowest BCUT2D eigenvalue weighted by molar-refractivity contribution is -0.126. The predicted molar refractivity (Wildman–Crippen MR) is 79.6 cm³/mol. The number of likely N-dealkylation sites (tertiary alicyclic amines) is 1. The van der Waals surface area contributed by atoms with E-state index in [4.69, 9.17) is 15.2 Å². The highest BCUT2D eigenvalue weighted by Gasteiger charge is 2.28. The van der Waals surface area contributed by atoms with E-state index in [9.17, 15) is 9.59 Å². The van der Waals surface area contributed by atoms with E-state index in [0.29, 0.717) is 30.2 Å². The molecule has 1 fully saturated rings. The average molecular weight is 305 g/mol.